The molecule has 7 heteroatoms. The molecule has 0 bridgehead atoms. The molecular formula is C13H18ClFN2O3. The Morgan fingerprint density at radius 2 is 2.40 bits per heavy atom. The Morgan fingerprint density at radius 3 is 3.10 bits per heavy atom. The quantitative estimate of drug-likeness (QED) is 0.863. The molecule has 0 saturated carbocycles. The van der Waals surface area contributed by atoms with Gasteiger partial charge in [0, 0.05) is 24.8 Å². The van der Waals surface area contributed by atoms with E-state index in [1.54, 1.807) is 24.3 Å². The minimum Gasteiger partial charge on any atom is -0.491 e. The Morgan fingerprint density at radius 1 is 1.55 bits per heavy atom. The summed E-state index contributed by atoms with van der Waals surface area (Å²) in [6, 6.07) is 6.85. The van der Waals surface area contributed by atoms with Gasteiger partial charge in [-0.15, -0.1) is 12.4 Å². The van der Waals surface area contributed by atoms with Crippen LogP contribution in [0.1, 0.15) is 0 Å². The van der Waals surface area contributed by atoms with Crippen molar-refractivity contribution in [3.05, 3.63) is 24.3 Å². The van der Waals surface area contributed by atoms with Gasteiger partial charge in [0.2, 0.25) is 0 Å². The van der Waals surface area contributed by atoms with E-state index in [0.29, 0.717) is 24.6 Å². The number of morpholine rings is 1. The second-order valence-electron chi connectivity index (χ2n) is 4.12. The summed E-state index contributed by atoms with van der Waals surface area (Å²) in [4.78, 5) is 11.9. The standard InChI is InChI=1S/C13H17FN2O3.ClH/c14-4-6-18-11-3-1-2-10(8-11)16-13(17)12-9-15-5-7-19-12;/h1-3,8,12,15H,4-7,9H2,(H,16,17);1H. The van der Waals surface area contributed by atoms with Crippen molar-refractivity contribution in [1.29, 1.82) is 0 Å². The van der Waals surface area contributed by atoms with Gasteiger partial charge in [-0.3, -0.25) is 4.79 Å². The zero-order valence-corrected chi connectivity index (χ0v) is 11.7. The first kappa shape index (κ1) is 16.7. The number of rotatable bonds is 5. The van der Waals surface area contributed by atoms with Crippen LogP contribution in [0.5, 0.6) is 5.75 Å². The summed E-state index contributed by atoms with van der Waals surface area (Å²) in [5, 5.41) is 5.84. The van der Waals surface area contributed by atoms with Crippen molar-refractivity contribution in [2.24, 2.45) is 0 Å². The van der Waals surface area contributed by atoms with Gasteiger partial charge in [-0.2, -0.15) is 0 Å². The molecule has 1 atom stereocenters. The van der Waals surface area contributed by atoms with Crippen LogP contribution in [0.4, 0.5) is 10.1 Å². The van der Waals surface area contributed by atoms with Gasteiger partial charge < -0.3 is 20.1 Å². The molecule has 1 unspecified atom stereocenters. The largest absolute Gasteiger partial charge is 0.491 e. The number of alkyl halides is 1. The van der Waals surface area contributed by atoms with Crippen molar-refractivity contribution in [2.45, 2.75) is 6.10 Å². The molecule has 20 heavy (non-hydrogen) atoms. The lowest BCUT2D eigenvalue weighted by molar-refractivity contribution is -0.128. The second kappa shape index (κ2) is 8.73. The number of carbonyl (C=O) groups is 1. The molecule has 112 valence electrons. The van der Waals surface area contributed by atoms with E-state index in [9.17, 15) is 9.18 Å². The molecular weight excluding hydrogens is 287 g/mol. The summed E-state index contributed by atoms with van der Waals surface area (Å²) >= 11 is 0. The number of carbonyl (C=O) groups excluding carboxylic acids is 1. The predicted molar refractivity (Wildman–Crippen MR) is 76.4 cm³/mol. The van der Waals surface area contributed by atoms with Crippen LogP contribution in [0.2, 0.25) is 0 Å². The Bertz CT molecular complexity index is 428. The maximum atomic E-state index is 12.0. The van der Waals surface area contributed by atoms with Crippen LogP contribution in [0.15, 0.2) is 24.3 Å². The van der Waals surface area contributed by atoms with Crippen LogP contribution in [-0.4, -0.2) is 45.0 Å². The SMILES string of the molecule is Cl.O=C(Nc1cccc(OCCF)c1)C1CNCCO1. The van der Waals surface area contributed by atoms with Crippen molar-refractivity contribution < 1.29 is 18.7 Å². The maximum Gasteiger partial charge on any atom is 0.254 e. The zero-order valence-electron chi connectivity index (χ0n) is 10.9. The normalized spacial score (nSPS) is 17.9. The summed E-state index contributed by atoms with van der Waals surface area (Å²) in [6.07, 6.45) is -0.482. The van der Waals surface area contributed by atoms with Crippen LogP contribution in [0.3, 0.4) is 0 Å². The molecule has 1 aliphatic heterocycles. The molecule has 0 spiro atoms. The van der Waals surface area contributed by atoms with Crippen molar-refractivity contribution >= 4 is 24.0 Å². The van der Waals surface area contributed by atoms with E-state index in [1.165, 1.54) is 0 Å². The van der Waals surface area contributed by atoms with Gasteiger partial charge in [0.15, 0.2) is 0 Å². The van der Waals surface area contributed by atoms with Crippen molar-refractivity contribution in [2.75, 3.05) is 38.3 Å². The van der Waals surface area contributed by atoms with E-state index in [-0.39, 0.29) is 24.9 Å². The Kier molecular flexibility index (Phi) is 7.28. The second-order valence-corrected chi connectivity index (χ2v) is 4.12. The van der Waals surface area contributed by atoms with Crippen LogP contribution in [-0.2, 0) is 9.53 Å². The highest BCUT2D eigenvalue weighted by Crippen LogP contribution is 2.17. The lowest BCUT2D eigenvalue weighted by Gasteiger charge is -2.22. The van der Waals surface area contributed by atoms with E-state index >= 15 is 0 Å². The van der Waals surface area contributed by atoms with Gasteiger partial charge in [0.05, 0.1) is 6.61 Å². The number of nitrogens with one attached hydrogen (secondary N) is 2. The zero-order chi connectivity index (χ0) is 13.5. The van der Waals surface area contributed by atoms with E-state index < -0.39 is 12.8 Å². The number of anilines is 1. The maximum absolute atomic E-state index is 12.0. The third-order valence-corrected chi connectivity index (χ3v) is 2.67. The molecule has 5 nitrogen and oxygen atoms in total. The number of halogens is 2. The molecule has 1 aromatic carbocycles. The molecule has 1 aromatic rings. The monoisotopic (exact) mass is 304 g/mol. The summed E-state index contributed by atoms with van der Waals surface area (Å²) in [5.41, 5.74) is 0.607. The first-order valence-electron chi connectivity index (χ1n) is 6.21. The van der Waals surface area contributed by atoms with E-state index in [4.69, 9.17) is 9.47 Å². The van der Waals surface area contributed by atoms with Gasteiger partial charge >= 0.3 is 0 Å². The highest BCUT2D eigenvalue weighted by molar-refractivity contribution is 5.94. The highest BCUT2D eigenvalue weighted by atomic mass is 35.5. The van der Waals surface area contributed by atoms with Crippen molar-refractivity contribution in [3.8, 4) is 5.75 Å². The Labute approximate surface area is 123 Å². The van der Waals surface area contributed by atoms with Gasteiger partial charge in [-0.05, 0) is 12.1 Å². The van der Waals surface area contributed by atoms with Crippen LogP contribution in [0.25, 0.3) is 0 Å². The molecule has 1 heterocycles. The minimum atomic E-state index is -0.543. The Balaban J connectivity index is 0.00000200. The van der Waals surface area contributed by atoms with E-state index in [1.807, 2.05) is 0 Å². The van der Waals surface area contributed by atoms with Gasteiger partial charge in [0.25, 0.3) is 5.91 Å². The molecule has 0 aromatic heterocycles. The molecule has 0 aliphatic carbocycles. The third-order valence-electron chi connectivity index (χ3n) is 2.67. The fourth-order valence-electron chi connectivity index (χ4n) is 1.78. The molecule has 0 radical (unpaired) electrons. The average molecular weight is 305 g/mol. The lowest BCUT2D eigenvalue weighted by atomic mass is 10.2. The van der Waals surface area contributed by atoms with E-state index in [2.05, 4.69) is 10.6 Å². The number of amides is 1. The fraction of sp³-hybridized carbons (Fsp3) is 0.462. The first-order chi connectivity index (χ1) is 9.29. The predicted octanol–water partition coefficient (Wildman–Crippen LogP) is 1.38. The number of hydrogen-bond acceptors (Lipinski definition) is 4. The molecule has 1 fully saturated rings. The van der Waals surface area contributed by atoms with Gasteiger partial charge in [-0.25, -0.2) is 4.39 Å². The average Bonchev–Trinajstić information content (AvgIpc) is 2.46. The smallest absolute Gasteiger partial charge is 0.254 e. The molecule has 1 amide bonds. The summed E-state index contributed by atoms with van der Waals surface area (Å²) in [7, 11) is 0. The highest BCUT2D eigenvalue weighted by Gasteiger charge is 2.21. The number of hydrogen-bond donors (Lipinski definition) is 2. The molecule has 1 aliphatic rings. The van der Waals surface area contributed by atoms with Gasteiger partial charge in [-0.1, -0.05) is 6.07 Å². The van der Waals surface area contributed by atoms with Crippen LogP contribution >= 0.6 is 12.4 Å². The molecule has 1 saturated heterocycles. The summed E-state index contributed by atoms with van der Waals surface area (Å²) < 4.78 is 22.5. The lowest BCUT2D eigenvalue weighted by Crippen LogP contribution is -2.45. The molecule has 2 N–H and O–H groups in total. The fourth-order valence-corrected chi connectivity index (χ4v) is 1.78. The van der Waals surface area contributed by atoms with Crippen LogP contribution in [0, 0.1) is 0 Å². The molecule has 2 rings (SSSR count). The number of benzene rings is 1. The Hall–Kier alpha value is -1.37. The minimum absolute atomic E-state index is 0. The van der Waals surface area contributed by atoms with Crippen LogP contribution < -0.4 is 15.4 Å². The summed E-state index contributed by atoms with van der Waals surface area (Å²) in [6.45, 7) is 1.25. The third kappa shape index (κ3) is 4.96. The van der Waals surface area contributed by atoms with Crippen molar-refractivity contribution in [3.63, 3.8) is 0 Å². The number of ether oxygens (including phenoxy) is 2. The van der Waals surface area contributed by atoms with Crippen molar-refractivity contribution in [1.82, 2.24) is 5.32 Å². The topological polar surface area (TPSA) is 59.6 Å². The van der Waals surface area contributed by atoms with E-state index in [0.717, 1.165) is 6.54 Å². The summed E-state index contributed by atoms with van der Waals surface area (Å²) in [5.74, 6) is 0.327. The first-order valence-corrected chi connectivity index (χ1v) is 6.21. The van der Waals surface area contributed by atoms with Gasteiger partial charge in [0.1, 0.15) is 25.1 Å².